The van der Waals surface area contributed by atoms with Crippen molar-refractivity contribution < 1.29 is 4.79 Å². The predicted octanol–water partition coefficient (Wildman–Crippen LogP) is 4.53. The molecule has 2 aliphatic rings. The van der Waals surface area contributed by atoms with Gasteiger partial charge in [0, 0.05) is 37.4 Å². The second kappa shape index (κ2) is 10.2. The molecule has 0 radical (unpaired) electrons. The second-order valence-corrected chi connectivity index (χ2v) is 9.24. The van der Waals surface area contributed by atoms with Crippen molar-refractivity contribution in [3.63, 3.8) is 0 Å². The maximum Gasteiger partial charge on any atom is 0.319 e. The minimum atomic E-state index is -0.126. The molecule has 0 aliphatic heterocycles. The van der Waals surface area contributed by atoms with E-state index in [1.165, 1.54) is 29.7 Å². The average Bonchev–Trinajstić information content (AvgIpc) is 2.80. The maximum atomic E-state index is 12.4. The van der Waals surface area contributed by atoms with Crippen LogP contribution in [-0.2, 0) is 19.3 Å². The molecule has 0 atom stereocenters. The number of urea groups is 1. The molecule has 32 heavy (non-hydrogen) atoms. The number of aryl methyl sites for hydroxylation is 2. The number of amides is 2. The van der Waals surface area contributed by atoms with E-state index in [0.717, 1.165) is 62.4 Å². The lowest BCUT2D eigenvalue weighted by Gasteiger charge is -2.30. The van der Waals surface area contributed by atoms with Crippen LogP contribution in [0.1, 0.15) is 62.3 Å². The summed E-state index contributed by atoms with van der Waals surface area (Å²) >= 11 is 0. The van der Waals surface area contributed by atoms with Crippen LogP contribution in [0.2, 0.25) is 0 Å². The fraction of sp³-hybridized carbons (Fsp3) is 0.560. The van der Waals surface area contributed by atoms with Gasteiger partial charge in [0.05, 0.1) is 5.69 Å². The molecule has 3 N–H and O–H groups in total. The average molecular weight is 437 g/mol. The molecule has 0 unspecified atom stereocenters. The summed E-state index contributed by atoms with van der Waals surface area (Å²) < 4.78 is 0. The molecule has 7 nitrogen and oxygen atoms in total. The molecule has 2 amide bonds. The van der Waals surface area contributed by atoms with Crippen LogP contribution >= 0.6 is 0 Å². The zero-order valence-corrected chi connectivity index (χ0v) is 19.6. The van der Waals surface area contributed by atoms with Gasteiger partial charge < -0.3 is 20.9 Å². The van der Waals surface area contributed by atoms with E-state index >= 15 is 0 Å². The topological polar surface area (TPSA) is 82.2 Å². The molecule has 1 aromatic carbocycles. The van der Waals surface area contributed by atoms with Gasteiger partial charge in [-0.1, -0.05) is 19.1 Å². The fourth-order valence-corrected chi connectivity index (χ4v) is 4.75. The SMILES string of the molecule is CCc1ccc(NC(=O)NC2CCC(Nc3nc4c(c(N(C)C)n3)CCCC4)CC2)cc1. The third-order valence-electron chi connectivity index (χ3n) is 6.60. The molecule has 0 bridgehead atoms. The molecule has 7 heteroatoms. The second-order valence-electron chi connectivity index (χ2n) is 9.24. The zero-order valence-electron chi connectivity index (χ0n) is 19.6. The highest BCUT2D eigenvalue weighted by molar-refractivity contribution is 5.89. The molecule has 1 heterocycles. The number of hydrogen-bond acceptors (Lipinski definition) is 5. The van der Waals surface area contributed by atoms with Gasteiger partial charge in [0.25, 0.3) is 0 Å². The van der Waals surface area contributed by atoms with E-state index in [4.69, 9.17) is 9.97 Å². The van der Waals surface area contributed by atoms with E-state index in [1.807, 2.05) is 12.1 Å². The van der Waals surface area contributed by atoms with E-state index in [9.17, 15) is 4.79 Å². The number of benzene rings is 1. The van der Waals surface area contributed by atoms with E-state index < -0.39 is 0 Å². The lowest BCUT2D eigenvalue weighted by Crippen LogP contribution is -2.42. The van der Waals surface area contributed by atoms with Crippen molar-refractivity contribution in [2.24, 2.45) is 0 Å². The van der Waals surface area contributed by atoms with Crippen LogP contribution in [0.25, 0.3) is 0 Å². The van der Waals surface area contributed by atoms with Crippen molar-refractivity contribution in [1.82, 2.24) is 15.3 Å². The lowest BCUT2D eigenvalue weighted by atomic mass is 9.91. The first-order valence-electron chi connectivity index (χ1n) is 12.0. The highest BCUT2D eigenvalue weighted by Gasteiger charge is 2.24. The summed E-state index contributed by atoms with van der Waals surface area (Å²) in [5, 5.41) is 9.65. The van der Waals surface area contributed by atoms with Gasteiger partial charge in [-0.2, -0.15) is 4.98 Å². The summed E-state index contributed by atoms with van der Waals surface area (Å²) in [7, 11) is 4.11. The number of aromatic nitrogens is 2. The van der Waals surface area contributed by atoms with Gasteiger partial charge in [-0.05, 0) is 75.5 Å². The van der Waals surface area contributed by atoms with Crippen LogP contribution in [0.5, 0.6) is 0 Å². The largest absolute Gasteiger partial charge is 0.362 e. The molecular weight excluding hydrogens is 400 g/mol. The molecule has 1 saturated carbocycles. The number of anilines is 3. The first kappa shape index (κ1) is 22.4. The Morgan fingerprint density at radius 1 is 1.00 bits per heavy atom. The lowest BCUT2D eigenvalue weighted by molar-refractivity contribution is 0.243. The fourth-order valence-electron chi connectivity index (χ4n) is 4.75. The van der Waals surface area contributed by atoms with E-state index in [0.29, 0.717) is 6.04 Å². The highest BCUT2D eigenvalue weighted by atomic mass is 16.2. The van der Waals surface area contributed by atoms with Crippen molar-refractivity contribution >= 4 is 23.5 Å². The third kappa shape index (κ3) is 5.50. The van der Waals surface area contributed by atoms with Gasteiger partial charge >= 0.3 is 6.03 Å². The van der Waals surface area contributed by atoms with Crippen LogP contribution < -0.4 is 20.9 Å². The van der Waals surface area contributed by atoms with Gasteiger partial charge in [-0.3, -0.25) is 0 Å². The Bertz CT molecular complexity index is 919. The maximum absolute atomic E-state index is 12.4. The van der Waals surface area contributed by atoms with E-state index in [1.54, 1.807) is 0 Å². The molecule has 0 spiro atoms. The minimum Gasteiger partial charge on any atom is -0.362 e. The van der Waals surface area contributed by atoms with Gasteiger partial charge in [0.15, 0.2) is 0 Å². The van der Waals surface area contributed by atoms with Crippen LogP contribution in [0.3, 0.4) is 0 Å². The number of nitrogens with zero attached hydrogens (tertiary/aromatic N) is 3. The molecule has 2 aliphatic carbocycles. The van der Waals surface area contributed by atoms with Crippen molar-refractivity contribution in [2.45, 2.75) is 76.8 Å². The minimum absolute atomic E-state index is 0.126. The quantitative estimate of drug-likeness (QED) is 0.620. The third-order valence-corrected chi connectivity index (χ3v) is 6.60. The molecule has 2 aromatic rings. The van der Waals surface area contributed by atoms with E-state index in [2.05, 4.69) is 54.0 Å². The number of carbonyl (C=O) groups excluding carboxylic acids is 1. The number of hydrogen-bond donors (Lipinski definition) is 3. The normalized spacial score (nSPS) is 20.2. The highest BCUT2D eigenvalue weighted by Crippen LogP contribution is 2.29. The molecule has 1 fully saturated rings. The predicted molar refractivity (Wildman–Crippen MR) is 131 cm³/mol. The van der Waals surface area contributed by atoms with Gasteiger partial charge in [0.1, 0.15) is 5.82 Å². The molecule has 0 saturated heterocycles. The zero-order chi connectivity index (χ0) is 22.5. The Kier molecular flexibility index (Phi) is 7.12. The van der Waals surface area contributed by atoms with Crippen LogP contribution in [0, 0.1) is 0 Å². The smallest absolute Gasteiger partial charge is 0.319 e. The van der Waals surface area contributed by atoms with Crippen molar-refractivity contribution in [3.8, 4) is 0 Å². The summed E-state index contributed by atoms with van der Waals surface area (Å²) in [5.74, 6) is 1.80. The van der Waals surface area contributed by atoms with Crippen LogP contribution in [0.15, 0.2) is 24.3 Å². The summed E-state index contributed by atoms with van der Waals surface area (Å²) in [6.45, 7) is 2.12. The van der Waals surface area contributed by atoms with Gasteiger partial charge in [-0.25, -0.2) is 9.78 Å². The number of nitrogens with one attached hydrogen (secondary N) is 3. The van der Waals surface area contributed by atoms with Crippen molar-refractivity contribution in [3.05, 3.63) is 41.1 Å². The first-order valence-corrected chi connectivity index (χ1v) is 12.0. The van der Waals surface area contributed by atoms with Crippen LogP contribution in [-0.4, -0.2) is 42.2 Å². The number of rotatable bonds is 6. The van der Waals surface area contributed by atoms with Crippen LogP contribution in [0.4, 0.5) is 22.2 Å². The first-order chi connectivity index (χ1) is 15.5. The number of fused-ring (bicyclic) bond motifs is 1. The molecule has 1 aromatic heterocycles. The van der Waals surface area contributed by atoms with Gasteiger partial charge in [0.2, 0.25) is 5.95 Å². The Labute approximate surface area is 191 Å². The Morgan fingerprint density at radius 3 is 2.38 bits per heavy atom. The Hall–Kier alpha value is -2.83. The summed E-state index contributed by atoms with van der Waals surface area (Å²) in [5.41, 5.74) is 4.62. The molecular formula is C25H36N6O. The number of carbonyl (C=O) groups is 1. The van der Waals surface area contributed by atoms with Gasteiger partial charge in [-0.15, -0.1) is 0 Å². The van der Waals surface area contributed by atoms with Crippen molar-refractivity contribution in [1.29, 1.82) is 0 Å². The van der Waals surface area contributed by atoms with Crippen molar-refractivity contribution in [2.75, 3.05) is 29.6 Å². The summed E-state index contributed by atoms with van der Waals surface area (Å²) in [6.07, 6.45) is 9.43. The Balaban J connectivity index is 1.28. The molecule has 4 rings (SSSR count). The molecule has 172 valence electrons. The standard InChI is InChI=1S/C25H36N6O/c1-4-17-9-11-19(12-10-17)27-25(32)28-20-15-13-18(14-16-20)26-24-29-22-8-6-5-7-21(22)23(30-24)31(2)3/h9-12,18,20H,4-8,13-16H2,1-3H3,(H,26,29,30)(H2,27,28,32). The summed E-state index contributed by atoms with van der Waals surface area (Å²) in [6, 6.07) is 8.44. The van der Waals surface area contributed by atoms with E-state index in [-0.39, 0.29) is 12.1 Å². The Morgan fingerprint density at radius 2 is 1.69 bits per heavy atom. The summed E-state index contributed by atoms with van der Waals surface area (Å²) in [4.78, 5) is 24.2. The monoisotopic (exact) mass is 436 g/mol.